The Morgan fingerprint density at radius 1 is 0.957 bits per heavy atom. The average Bonchev–Trinajstić information content (AvgIpc) is 2.97. The van der Waals surface area contributed by atoms with Crippen molar-refractivity contribution in [3.8, 4) is 17.1 Å². The van der Waals surface area contributed by atoms with Crippen LogP contribution in [0.3, 0.4) is 0 Å². The summed E-state index contributed by atoms with van der Waals surface area (Å²) >= 11 is 0. The minimum Gasteiger partial charge on any atom is -0.475 e. The largest absolute Gasteiger partial charge is 0.475 e. The molecule has 2 N–H and O–H groups in total. The standard InChI is InChI=1S/C36H48N4O5S/c1-23-10-8-11-24(2)32(23)30-21-31-38-34(37-30)39-46(43,44)29-13-9-12-25(20-29)33(41)40(28(22-45-31)18-19-35(3,4)5)27-16-14-26(15-17-27)36(6,7)42/h8-13,20-21,26-28,42H,14-19,22H2,1-7H3,(H,37,38,39)/t26?,27?,28-/m1/s1. The monoisotopic (exact) mass is 648 g/mol. The average molecular weight is 649 g/mol. The van der Waals surface area contributed by atoms with Gasteiger partial charge >= 0.3 is 0 Å². The maximum atomic E-state index is 14.5. The number of fused-ring (bicyclic) bond motifs is 4. The van der Waals surface area contributed by atoms with E-state index in [0.717, 1.165) is 48.8 Å². The quantitative estimate of drug-likeness (QED) is 0.308. The number of aliphatic hydroxyl groups is 1. The highest BCUT2D eigenvalue weighted by Gasteiger charge is 2.38. The Bertz CT molecular complexity index is 1660. The van der Waals surface area contributed by atoms with Crippen molar-refractivity contribution >= 4 is 21.9 Å². The molecule has 1 aromatic heterocycles. The van der Waals surface area contributed by atoms with Crippen LogP contribution in [-0.2, 0) is 10.0 Å². The Morgan fingerprint density at radius 2 is 1.61 bits per heavy atom. The van der Waals surface area contributed by atoms with E-state index in [9.17, 15) is 18.3 Å². The number of amides is 1. The number of benzene rings is 2. The molecule has 0 radical (unpaired) electrons. The van der Waals surface area contributed by atoms with Crippen LogP contribution >= 0.6 is 0 Å². The number of hydrogen-bond donors (Lipinski definition) is 2. The van der Waals surface area contributed by atoms with Gasteiger partial charge in [-0.25, -0.2) is 18.1 Å². The van der Waals surface area contributed by atoms with Gasteiger partial charge in [0.2, 0.25) is 11.8 Å². The number of nitrogens with zero attached hydrogens (tertiary/aromatic N) is 3. The van der Waals surface area contributed by atoms with E-state index < -0.39 is 15.6 Å². The first-order chi connectivity index (χ1) is 21.5. The number of carbonyl (C=O) groups excluding carboxylic acids is 1. The minimum absolute atomic E-state index is 0.0178. The van der Waals surface area contributed by atoms with Crippen LogP contribution in [0, 0.1) is 25.2 Å². The van der Waals surface area contributed by atoms with Crippen LogP contribution in [0.2, 0.25) is 0 Å². The molecule has 5 rings (SSSR count). The Morgan fingerprint density at radius 3 is 2.24 bits per heavy atom. The summed E-state index contributed by atoms with van der Waals surface area (Å²) in [6.07, 6.45) is 4.59. The predicted octanol–water partition coefficient (Wildman–Crippen LogP) is 6.92. The van der Waals surface area contributed by atoms with Gasteiger partial charge in [-0.15, -0.1) is 0 Å². The van der Waals surface area contributed by atoms with Gasteiger partial charge in [-0.3, -0.25) is 4.79 Å². The summed E-state index contributed by atoms with van der Waals surface area (Å²) in [6.45, 7) is 14.4. The van der Waals surface area contributed by atoms with Crippen molar-refractivity contribution in [2.45, 2.75) is 110 Å². The van der Waals surface area contributed by atoms with E-state index in [1.165, 1.54) is 12.1 Å². The highest BCUT2D eigenvalue weighted by molar-refractivity contribution is 7.92. The first kappa shape index (κ1) is 33.9. The molecular weight excluding hydrogens is 600 g/mol. The Labute approximate surface area is 273 Å². The van der Waals surface area contributed by atoms with E-state index in [1.54, 1.807) is 18.2 Å². The second-order valence-corrected chi connectivity index (χ2v) is 16.4. The summed E-state index contributed by atoms with van der Waals surface area (Å²) in [5, 5.41) is 10.7. The third-order valence-corrected chi connectivity index (χ3v) is 10.8. The summed E-state index contributed by atoms with van der Waals surface area (Å²) in [6, 6.07) is 13.5. The zero-order chi connectivity index (χ0) is 33.4. The van der Waals surface area contributed by atoms with E-state index in [0.29, 0.717) is 17.7 Å². The Balaban J connectivity index is 1.63. The molecule has 2 aromatic carbocycles. The van der Waals surface area contributed by atoms with Gasteiger partial charge in [0.05, 0.1) is 22.2 Å². The molecule has 3 aromatic rings. The molecule has 1 amide bonds. The Hall–Kier alpha value is -3.50. The number of rotatable bonds is 5. The number of carbonyl (C=O) groups is 1. The van der Waals surface area contributed by atoms with Crippen LogP contribution in [-0.4, -0.2) is 58.6 Å². The maximum absolute atomic E-state index is 14.5. The second kappa shape index (κ2) is 13.0. The summed E-state index contributed by atoms with van der Waals surface area (Å²) in [5.41, 5.74) is 2.94. The van der Waals surface area contributed by atoms with Crippen molar-refractivity contribution in [1.29, 1.82) is 0 Å². The van der Waals surface area contributed by atoms with Crippen LogP contribution in [0.4, 0.5) is 5.95 Å². The molecule has 2 heterocycles. The summed E-state index contributed by atoms with van der Waals surface area (Å²) < 4.78 is 36.3. The molecule has 10 heteroatoms. The highest BCUT2D eigenvalue weighted by Crippen LogP contribution is 2.37. The third kappa shape index (κ3) is 7.72. The summed E-state index contributed by atoms with van der Waals surface area (Å²) in [7, 11) is -4.14. The topological polar surface area (TPSA) is 122 Å². The molecule has 9 nitrogen and oxygen atoms in total. The molecule has 0 unspecified atom stereocenters. The molecule has 1 fully saturated rings. The zero-order valence-corrected chi connectivity index (χ0v) is 28.9. The Kier molecular flexibility index (Phi) is 9.53. The lowest BCUT2D eigenvalue weighted by molar-refractivity contribution is -0.0174. The van der Waals surface area contributed by atoms with Crippen molar-refractivity contribution in [2.24, 2.45) is 11.3 Å². The smallest absolute Gasteiger partial charge is 0.264 e. The molecule has 2 aliphatic rings. The lowest BCUT2D eigenvalue weighted by Crippen LogP contribution is -2.52. The summed E-state index contributed by atoms with van der Waals surface area (Å²) in [4.78, 5) is 25.5. The summed E-state index contributed by atoms with van der Waals surface area (Å²) in [5.74, 6) is 0.0512. The van der Waals surface area contributed by atoms with Gasteiger partial charge in [-0.1, -0.05) is 45.0 Å². The minimum atomic E-state index is -4.14. The highest BCUT2D eigenvalue weighted by atomic mass is 32.2. The second-order valence-electron chi connectivity index (χ2n) is 14.8. The van der Waals surface area contributed by atoms with Gasteiger partial charge in [0, 0.05) is 23.2 Å². The maximum Gasteiger partial charge on any atom is 0.264 e. The van der Waals surface area contributed by atoms with Crippen molar-refractivity contribution in [3.05, 3.63) is 65.2 Å². The number of sulfonamides is 1. The molecule has 1 saturated carbocycles. The third-order valence-electron chi connectivity index (χ3n) is 9.43. The van der Waals surface area contributed by atoms with E-state index in [2.05, 4.69) is 35.5 Å². The first-order valence-electron chi connectivity index (χ1n) is 16.3. The van der Waals surface area contributed by atoms with E-state index in [-0.39, 0.29) is 52.7 Å². The normalized spacial score (nSPS) is 22.1. The van der Waals surface area contributed by atoms with Crippen molar-refractivity contribution in [1.82, 2.24) is 14.9 Å². The molecule has 4 bridgehead atoms. The molecule has 1 aliphatic heterocycles. The fraction of sp³-hybridized carbons (Fsp3) is 0.528. The fourth-order valence-electron chi connectivity index (χ4n) is 6.79. The van der Waals surface area contributed by atoms with Crippen LogP contribution in [0.5, 0.6) is 5.88 Å². The van der Waals surface area contributed by atoms with Gasteiger partial charge in [0.1, 0.15) is 6.61 Å². The van der Waals surface area contributed by atoms with Gasteiger partial charge < -0.3 is 14.7 Å². The molecule has 1 atom stereocenters. The van der Waals surface area contributed by atoms with Crippen molar-refractivity contribution in [3.63, 3.8) is 0 Å². The SMILES string of the molecule is Cc1cccc(C)c1-c1cc2nc(n1)NS(=O)(=O)c1cccc(c1)C(=O)N(C1CCC(C(C)(C)O)CC1)[C@H](CCC(C)(C)C)CO2. The first-order valence-corrected chi connectivity index (χ1v) is 17.8. The number of nitrogens with one attached hydrogen (secondary N) is 1. The van der Waals surface area contributed by atoms with Crippen molar-refractivity contribution in [2.75, 3.05) is 11.3 Å². The number of ether oxygens (including phenoxy) is 1. The van der Waals surface area contributed by atoms with Gasteiger partial charge in [-0.2, -0.15) is 4.98 Å². The van der Waals surface area contributed by atoms with Crippen LogP contribution in [0.25, 0.3) is 11.3 Å². The lowest BCUT2D eigenvalue weighted by atomic mass is 9.76. The van der Waals surface area contributed by atoms with Crippen molar-refractivity contribution < 1.29 is 23.1 Å². The molecule has 46 heavy (non-hydrogen) atoms. The van der Waals surface area contributed by atoms with Crippen LogP contribution in [0.15, 0.2) is 53.4 Å². The molecule has 248 valence electrons. The zero-order valence-electron chi connectivity index (χ0n) is 28.1. The van der Waals surface area contributed by atoms with E-state index in [4.69, 9.17) is 4.74 Å². The van der Waals surface area contributed by atoms with Crippen LogP contribution < -0.4 is 9.46 Å². The number of anilines is 1. The van der Waals surface area contributed by atoms with Gasteiger partial charge in [-0.05, 0) is 107 Å². The molecule has 0 saturated heterocycles. The fourth-order valence-corrected chi connectivity index (χ4v) is 7.78. The van der Waals surface area contributed by atoms with E-state index >= 15 is 0 Å². The lowest BCUT2D eigenvalue weighted by Gasteiger charge is -2.44. The molecule has 1 aliphatic carbocycles. The van der Waals surface area contributed by atoms with Gasteiger partial charge in [0.25, 0.3) is 15.9 Å². The number of aromatic nitrogens is 2. The predicted molar refractivity (Wildman–Crippen MR) is 180 cm³/mol. The van der Waals surface area contributed by atoms with Crippen LogP contribution in [0.1, 0.15) is 94.6 Å². The number of aryl methyl sites for hydroxylation is 2. The van der Waals surface area contributed by atoms with Gasteiger partial charge in [0.15, 0.2) is 0 Å². The van der Waals surface area contributed by atoms with E-state index in [1.807, 2.05) is 50.8 Å². The molecular formula is C36H48N4O5S. The number of hydrogen-bond acceptors (Lipinski definition) is 7. The molecule has 0 spiro atoms.